The lowest BCUT2D eigenvalue weighted by Crippen LogP contribution is -2.48. The molecular formula is C15H23N3O2. The van der Waals surface area contributed by atoms with Crippen LogP contribution in [0.1, 0.15) is 25.0 Å². The van der Waals surface area contributed by atoms with Crippen LogP contribution in [0.3, 0.4) is 0 Å². The van der Waals surface area contributed by atoms with Gasteiger partial charge in [-0.25, -0.2) is 0 Å². The Bertz CT molecular complexity index is 456. The Hall–Kier alpha value is -1.59. The number of nitrogens with zero attached hydrogens (tertiary/aromatic N) is 2. The molecule has 1 aromatic rings. The molecule has 1 saturated heterocycles. The molecule has 0 saturated carbocycles. The lowest BCUT2D eigenvalue weighted by molar-refractivity contribution is -0.130. The van der Waals surface area contributed by atoms with Crippen LogP contribution < -0.4 is 5.73 Å². The second kappa shape index (κ2) is 6.72. The largest absolute Gasteiger partial charge is 0.399 e. The molecule has 0 aliphatic carbocycles. The number of hydrogen-bond acceptors (Lipinski definition) is 4. The number of piperazine rings is 1. The molecule has 0 radical (unpaired) electrons. The van der Waals surface area contributed by atoms with Gasteiger partial charge in [-0.15, -0.1) is 0 Å². The molecule has 2 rings (SSSR count). The van der Waals surface area contributed by atoms with Crippen molar-refractivity contribution in [2.45, 2.75) is 19.4 Å². The number of nitrogens with two attached hydrogens (primary N) is 1. The molecule has 0 bridgehead atoms. The smallest absolute Gasteiger partial charge is 0.219 e. The summed E-state index contributed by atoms with van der Waals surface area (Å²) in [5.41, 5.74) is 7.27. The van der Waals surface area contributed by atoms with Crippen LogP contribution in [0.15, 0.2) is 24.3 Å². The Balaban J connectivity index is 1.77. The van der Waals surface area contributed by atoms with Crippen LogP contribution in [-0.2, 0) is 4.79 Å². The number of benzene rings is 1. The predicted octanol–water partition coefficient (Wildman–Crippen LogP) is 0.856. The van der Waals surface area contributed by atoms with Crippen LogP contribution >= 0.6 is 0 Å². The van der Waals surface area contributed by atoms with Crippen LogP contribution in [0.5, 0.6) is 0 Å². The molecule has 1 unspecified atom stereocenters. The van der Waals surface area contributed by atoms with E-state index in [-0.39, 0.29) is 5.91 Å². The molecule has 110 valence electrons. The van der Waals surface area contributed by atoms with Crippen LogP contribution in [0, 0.1) is 0 Å². The fourth-order valence-electron chi connectivity index (χ4n) is 2.52. The number of anilines is 1. The van der Waals surface area contributed by atoms with Gasteiger partial charge in [0.05, 0.1) is 6.10 Å². The maximum Gasteiger partial charge on any atom is 0.219 e. The summed E-state index contributed by atoms with van der Waals surface area (Å²) in [7, 11) is 0. The average Bonchev–Trinajstić information content (AvgIpc) is 2.45. The Kier molecular flexibility index (Phi) is 4.98. The summed E-state index contributed by atoms with van der Waals surface area (Å²) >= 11 is 0. The van der Waals surface area contributed by atoms with Crippen molar-refractivity contribution in [2.75, 3.05) is 38.5 Å². The third-order valence-corrected chi connectivity index (χ3v) is 3.83. The molecule has 0 spiro atoms. The van der Waals surface area contributed by atoms with Gasteiger partial charge in [0.2, 0.25) is 5.91 Å². The first-order valence-electron chi connectivity index (χ1n) is 7.07. The first-order chi connectivity index (χ1) is 9.56. The topological polar surface area (TPSA) is 69.8 Å². The SMILES string of the molecule is CC(=O)N1CCN(CCC(O)c2cccc(N)c2)CC1. The lowest BCUT2D eigenvalue weighted by atomic mass is 10.1. The Morgan fingerprint density at radius 1 is 1.35 bits per heavy atom. The number of rotatable bonds is 4. The fourth-order valence-corrected chi connectivity index (χ4v) is 2.52. The summed E-state index contributed by atoms with van der Waals surface area (Å²) in [6.45, 7) is 5.76. The molecule has 20 heavy (non-hydrogen) atoms. The highest BCUT2D eigenvalue weighted by molar-refractivity contribution is 5.73. The van der Waals surface area contributed by atoms with Gasteiger partial charge in [-0.05, 0) is 24.1 Å². The molecule has 1 amide bonds. The molecule has 5 heteroatoms. The van der Waals surface area contributed by atoms with Crippen molar-refractivity contribution in [3.8, 4) is 0 Å². The quantitative estimate of drug-likeness (QED) is 0.801. The van der Waals surface area contributed by atoms with Crippen molar-refractivity contribution in [1.29, 1.82) is 0 Å². The molecule has 1 heterocycles. The molecular weight excluding hydrogens is 254 g/mol. The van der Waals surface area contributed by atoms with E-state index in [1.807, 2.05) is 29.2 Å². The second-order valence-corrected chi connectivity index (χ2v) is 5.32. The van der Waals surface area contributed by atoms with Gasteiger partial charge in [0.25, 0.3) is 0 Å². The predicted molar refractivity (Wildman–Crippen MR) is 79.1 cm³/mol. The summed E-state index contributed by atoms with van der Waals surface area (Å²) in [4.78, 5) is 15.4. The molecule has 1 fully saturated rings. The van der Waals surface area contributed by atoms with Gasteiger partial charge in [0.1, 0.15) is 0 Å². The van der Waals surface area contributed by atoms with Crippen molar-refractivity contribution >= 4 is 11.6 Å². The molecule has 1 atom stereocenters. The van der Waals surface area contributed by atoms with Gasteiger partial charge in [-0.2, -0.15) is 0 Å². The van der Waals surface area contributed by atoms with E-state index in [0.29, 0.717) is 12.1 Å². The Labute approximate surface area is 120 Å². The minimum atomic E-state index is -0.482. The van der Waals surface area contributed by atoms with Gasteiger partial charge in [-0.3, -0.25) is 9.69 Å². The van der Waals surface area contributed by atoms with Gasteiger partial charge < -0.3 is 15.7 Å². The summed E-state index contributed by atoms with van der Waals surface area (Å²) < 4.78 is 0. The first kappa shape index (κ1) is 14.8. The molecule has 1 aliphatic rings. The minimum Gasteiger partial charge on any atom is -0.399 e. The standard InChI is InChI=1S/C15H23N3O2/c1-12(19)18-9-7-17(8-10-18)6-5-15(20)13-3-2-4-14(16)11-13/h2-4,11,15,20H,5-10,16H2,1H3. The molecule has 5 nitrogen and oxygen atoms in total. The molecule has 3 N–H and O–H groups in total. The summed E-state index contributed by atoms with van der Waals surface area (Å²) in [6.07, 6.45) is 0.202. The monoisotopic (exact) mass is 277 g/mol. The maximum absolute atomic E-state index is 11.2. The summed E-state index contributed by atoms with van der Waals surface area (Å²) in [6, 6.07) is 7.39. The van der Waals surface area contributed by atoms with Crippen LogP contribution in [-0.4, -0.2) is 53.5 Å². The van der Waals surface area contributed by atoms with E-state index in [9.17, 15) is 9.90 Å². The minimum absolute atomic E-state index is 0.143. The van der Waals surface area contributed by atoms with Crippen LogP contribution in [0.4, 0.5) is 5.69 Å². The van der Waals surface area contributed by atoms with E-state index < -0.39 is 6.10 Å². The number of amides is 1. The van der Waals surface area contributed by atoms with Crippen molar-refractivity contribution in [3.63, 3.8) is 0 Å². The van der Waals surface area contributed by atoms with Gasteiger partial charge in [0.15, 0.2) is 0 Å². The number of carbonyl (C=O) groups excluding carboxylic acids is 1. The van der Waals surface area contributed by atoms with Gasteiger partial charge >= 0.3 is 0 Å². The fraction of sp³-hybridized carbons (Fsp3) is 0.533. The number of carbonyl (C=O) groups is 1. The van der Waals surface area contributed by atoms with Crippen molar-refractivity contribution in [3.05, 3.63) is 29.8 Å². The van der Waals surface area contributed by atoms with Crippen molar-refractivity contribution < 1.29 is 9.90 Å². The number of hydrogen-bond donors (Lipinski definition) is 2. The third kappa shape index (κ3) is 3.95. The zero-order valence-corrected chi connectivity index (χ0v) is 12.0. The third-order valence-electron chi connectivity index (χ3n) is 3.83. The van der Waals surface area contributed by atoms with Crippen LogP contribution in [0.25, 0.3) is 0 Å². The Morgan fingerprint density at radius 3 is 2.65 bits per heavy atom. The number of nitrogen functional groups attached to an aromatic ring is 1. The highest BCUT2D eigenvalue weighted by Crippen LogP contribution is 2.19. The number of aliphatic hydroxyl groups is 1. The van der Waals surface area contributed by atoms with Gasteiger partial charge in [-0.1, -0.05) is 12.1 Å². The Morgan fingerprint density at radius 2 is 2.05 bits per heavy atom. The lowest BCUT2D eigenvalue weighted by Gasteiger charge is -2.34. The average molecular weight is 277 g/mol. The van der Waals surface area contributed by atoms with E-state index in [4.69, 9.17) is 5.73 Å². The van der Waals surface area contributed by atoms with E-state index in [2.05, 4.69) is 4.90 Å². The van der Waals surface area contributed by atoms with E-state index in [1.54, 1.807) is 6.92 Å². The van der Waals surface area contributed by atoms with Gasteiger partial charge in [0, 0.05) is 45.3 Å². The van der Waals surface area contributed by atoms with Crippen molar-refractivity contribution in [2.24, 2.45) is 0 Å². The molecule has 0 aromatic heterocycles. The second-order valence-electron chi connectivity index (χ2n) is 5.32. The van der Waals surface area contributed by atoms with E-state index in [1.165, 1.54) is 0 Å². The van der Waals surface area contributed by atoms with E-state index >= 15 is 0 Å². The van der Waals surface area contributed by atoms with Crippen LogP contribution in [0.2, 0.25) is 0 Å². The summed E-state index contributed by atoms with van der Waals surface area (Å²) in [5, 5.41) is 10.2. The van der Waals surface area contributed by atoms with Crippen molar-refractivity contribution in [1.82, 2.24) is 9.80 Å². The molecule has 1 aliphatic heterocycles. The zero-order chi connectivity index (χ0) is 14.5. The first-order valence-corrected chi connectivity index (χ1v) is 7.07. The maximum atomic E-state index is 11.2. The summed E-state index contributed by atoms with van der Waals surface area (Å²) in [5.74, 6) is 0.143. The zero-order valence-electron chi connectivity index (χ0n) is 12.0. The highest BCUT2D eigenvalue weighted by atomic mass is 16.3. The van der Waals surface area contributed by atoms with E-state index in [0.717, 1.165) is 38.3 Å². The highest BCUT2D eigenvalue weighted by Gasteiger charge is 2.19. The molecule has 1 aromatic carbocycles. The normalized spacial score (nSPS) is 18.0. The number of aliphatic hydroxyl groups excluding tert-OH is 1.